The van der Waals surface area contributed by atoms with Gasteiger partial charge in [0, 0.05) is 0 Å². The van der Waals surface area contributed by atoms with Crippen LogP contribution in [0.25, 0.3) is 86.2 Å². The zero-order valence-electron chi connectivity index (χ0n) is 21.1. The van der Waals surface area contributed by atoms with Gasteiger partial charge in [-0.2, -0.15) is 0 Å². The van der Waals surface area contributed by atoms with Crippen molar-refractivity contribution < 1.29 is 0 Å². The summed E-state index contributed by atoms with van der Waals surface area (Å²) >= 11 is 0. The second kappa shape index (κ2) is 6.08. The van der Waals surface area contributed by atoms with Crippen LogP contribution in [0.15, 0.2) is 72.8 Å². The Morgan fingerprint density at radius 3 is 1.03 bits per heavy atom. The van der Waals surface area contributed by atoms with Crippen LogP contribution in [0.5, 0.6) is 0 Å². The number of rotatable bonds is 2. The highest BCUT2D eigenvalue weighted by Crippen LogP contribution is 2.54. The smallest absolute Gasteiger partial charge is 0.00110 e. The molecule has 0 aliphatic heterocycles. The Kier molecular flexibility index (Phi) is 3.26. The van der Waals surface area contributed by atoms with Crippen molar-refractivity contribution in [1.82, 2.24) is 0 Å². The SMILES string of the molecule is CC(C)c1cc2c3cc4c(cc3c2c2c3ccccc3c12)c1cc(C(C)C)c2c3ccccc3c2c14. The van der Waals surface area contributed by atoms with E-state index in [0.717, 1.165) is 0 Å². The molecule has 0 amide bonds. The van der Waals surface area contributed by atoms with Gasteiger partial charge in [0.2, 0.25) is 0 Å². The van der Waals surface area contributed by atoms with E-state index in [9.17, 15) is 0 Å². The highest BCUT2D eigenvalue weighted by Gasteiger charge is 2.27. The van der Waals surface area contributed by atoms with Crippen molar-refractivity contribution in [3.8, 4) is 0 Å². The predicted molar refractivity (Wildman–Crippen MR) is 159 cm³/mol. The molecule has 170 valence electrons. The maximum Gasteiger partial charge on any atom is -0.00110 e. The number of fused-ring (bicyclic) bond motifs is 18. The Morgan fingerprint density at radius 1 is 0.333 bits per heavy atom. The molecule has 0 fully saturated rings. The largest absolute Gasteiger partial charge is 0.0616 e. The molecule has 0 heterocycles. The van der Waals surface area contributed by atoms with Crippen molar-refractivity contribution in [3.05, 3.63) is 83.9 Å². The third-order valence-corrected chi connectivity index (χ3v) is 9.17. The van der Waals surface area contributed by atoms with E-state index in [-0.39, 0.29) is 0 Å². The molecule has 0 saturated heterocycles. The van der Waals surface area contributed by atoms with Gasteiger partial charge >= 0.3 is 0 Å². The van der Waals surface area contributed by atoms with Gasteiger partial charge in [0.1, 0.15) is 0 Å². The standard InChI is InChI=1S/C36H26/c1-17(2)23-13-27-25-15-30-26(16-29(25)33(27)35-21-11-7-5-9-19(21)31(23)35)28-14-24(18(3)4)32-20-10-6-8-12-22(20)36(32)34(28)30/h5-18H,1-4H3. The van der Waals surface area contributed by atoms with Gasteiger partial charge in [0.15, 0.2) is 0 Å². The molecule has 0 heteroatoms. The summed E-state index contributed by atoms with van der Waals surface area (Å²) < 4.78 is 0. The van der Waals surface area contributed by atoms with E-state index < -0.39 is 0 Å². The fourth-order valence-electron chi connectivity index (χ4n) is 7.47. The molecule has 0 radical (unpaired) electrons. The average Bonchev–Trinajstić information content (AvgIpc) is 2.85. The van der Waals surface area contributed by atoms with Crippen LogP contribution in [0, 0.1) is 0 Å². The van der Waals surface area contributed by atoms with Crippen molar-refractivity contribution in [3.63, 3.8) is 0 Å². The predicted octanol–water partition coefficient (Wildman–Crippen LogP) is 10.9. The molecule has 9 aromatic rings. The summed E-state index contributed by atoms with van der Waals surface area (Å²) in [4.78, 5) is 0. The van der Waals surface area contributed by atoms with E-state index in [4.69, 9.17) is 0 Å². The van der Waals surface area contributed by atoms with Gasteiger partial charge in [-0.25, -0.2) is 0 Å². The van der Waals surface area contributed by atoms with Crippen LogP contribution in [0.4, 0.5) is 0 Å². The molecule has 36 heavy (non-hydrogen) atoms. The molecular weight excluding hydrogens is 432 g/mol. The van der Waals surface area contributed by atoms with Crippen molar-refractivity contribution in [1.29, 1.82) is 0 Å². The lowest BCUT2D eigenvalue weighted by molar-refractivity contribution is 0.878. The van der Waals surface area contributed by atoms with Crippen LogP contribution in [0.1, 0.15) is 50.7 Å². The number of benzene rings is 5. The Morgan fingerprint density at radius 2 is 0.667 bits per heavy atom. The number of hydrogen-bond donors (Lipinski definition) is 0. The van der Waals surface area contributed by atoms with Gasteiger partial charge in [-0.1, -0.05) is 76.2 Å². The van der Waals surface area contributed by atoms with Crippen LogP contribution in [0.2, 0.25) is 0 Å². The quantitative estimate of drug-likeness (QED) is 0.242. The minimum absolute atomic E-state index is 0.513. The van der Waals surface area contributed by atoms with E-state index in [1.165, 1.54) is 97.3 Å². The van der Waals surface area contributed by atoms with Crippen molar-refractivity contribution in [2.24, 2.45) is 0 Å². The van der Waals surface area contributed by atoms with Crippen LogP contribution < -0.4 is 0 Å². The highest BCUT2D eigenvalue weighted by atomic mass is 14.3. The highest BCUT2D eigenvalue weighted by molar-refractivity contribution is 6.48. The average molecular weight is 459 g/mol. The van der Waals surface area contributed by atoms with E-state index in [1.807, 2.05) is 0 Å². The molecule has 0 atom stereocenters. The van der Waals surface area contributed by atoms with Crippen LogP contribution in [-0.4, -0.2) is 0 Å². The normalized spacial score (nSPS) is 13.5. The van der Waals surface area contributed by atoms with Crippen LogP contribution >= 0.6 is 0 Å². The molecule has 9 aromatic carbocycles. The molecular formula is C36H26. The minimum Gasteiger partial charge on any atom is -0.0616 e. The molecule has 0 aliphatic carbocycles. The van der Waals surface area contributed by atoms with E-state index in [0.29, 0.717) is 11.8 Å². The molecule has 9 rings (SSSR count). The summed E-state index contributed by atoms with van der Waals surface area (Å²) in [7, 11) is 0. The first-order valence-corrected chi connectivity index (χ1v) is 13.4. The number of hydrogen-bond acceptors (Lipinski definition) is 0. The second-order valence-electron chi connectivity index (χ2n) is 11.6. The lowest BCUT2D eigenvalue weighted by Gasteiger charge is -2.27. The van der Waals surface area contributed by atoms with Gasteiger partial charge in [-0.3, -0.25) is 0 Å². The monoisotopic (exact) mass is 458 g/mol. The Bertz CT molecular complexity index is 2130. The maximum atomic E-state index is 2.51. The first-order valence-electron chi connectivity index (χ1n) is 13.4. The van der Waals surface area contributed by atoms with E-state index >= 15 is 0 Å². The lowest BCUT2D eigenvalue weighted by atomic mass is 9.76. The second-order valence-corrected chi connectivity index (χ2v) is 11.6. The zero-order chi connectivity index (χ0) is 24.0. The fraction of sp³-hybridized carbons (Fsp3) is 0.167. The summed E-state index contributed by atoms with van der Waals surface area (Å²) in [6, 6.07) is 28.0. The van der Waals surface area contributed by atoms with Gasteiger partial charge < -0.3 is 0 Å². The molecule has 0 saturated carbocycles. The summed E-state index contributed by atoms with van der Waals surface area (Å²) in [6.45, 7) is 9.33. The maximum absolute atomic E-state index is 2.51. The first kappa shape index (κ1) is 19.3. The van der Waals surface area contributed by atoms with Crippen molar-refractivity contribution >= 4 is 86.2 Å². The van der Waals surface area contributed by atoms with Crippen LogP contribution in [0.3, 0.4) is 0 Å². The van der Waals surface area contributed by atoms with Gasteiger partial charge in [-0.15, -0.1) is 0 Å². The fourth-order valence-corrected chi connectivity index (χ4v) is 7.47. The lowest BCUT2D eigenvalue weighted by Crippen LogP contribution is -2.01. The minimum atomic E-state index is 0.513. The molecule has 0 unspecified atom stereocenters. The summed E-state index contributed by atoms with van der Waals surface area (Å²) in [5.41, 5.74) is 2.99. The zero-order valence-corrected chi connectivity index (χ0v) is 21.1. The van der Waals surface area contributed by atoms with Gasteiger partial charge in [-0.05, 0) is 133 Å². The summed E-state index contributed by atoms with van der Waals surface area (Å²) in [5, 5.41) is 23.4. The van der Waals surface area contributed by atoms with Crippen molar-refractivity contribution in [2.45, 2.75) is 39.5 Å². The Labute approximate surface area is 209 Å². The molecule has 0 aromatic heterocycles. The third kappa shape index (κ3) is 1.96. The van der Waals surface area contributed by atoms with E-state index in [2.05, 4.69) is 100 Å². The molecule has 0 N–H and O–H groups in total. The first-order chi connectivity index (χ1) is 17.5. The topological polar surface area (TPSA) is 0 Å². The van der Waals surface area contributed by atoms with Crippen LogP contribution in [-0.2, 0) is 0 Å². The Balaban J connectivity index is 1.44. The summed E-state index contributed by atoms with van der Waals surface area (Å²) in [5.74, 6) is 1.03. The van der Waals surface area contributed by atoms with E-state index in [1.54, 1.807) is 0 Å². The molecule has 0 aliphatic rings. The molecule has 0 nitrogen and oxygen atoms in total. The molecule has 0 bridgehead atoms. The van der Waals surface area contributed by atoms with Crippen molar-refractivity contribution in [2.75, 3.05) is 0 Å². The Hall–Kier alpha value is -3.90. The van der Waals surface area contributed by atoms with Gasteiger partial charge in [0.25, 0.3) is 0 Å². The van der Waals surface area contributed by atoms with Gasteiger partial charge in [0.05, 0.1) is 0 Å². The summed E-state index contributed by atoms with van der Waals surface area (Å²) in [6.07, 6.45) is 0. The third-order valence-electron chi connectivity index (χ3n) is 9.17. The molecule has 0 spiro atoms.